The lowest BCUT2D eigenvalue weighted by molar-refractivity contribution is 0.144. The van der Waals surface area contributed by atoms with Crippen LogP contribution in [0.5, 0.6) is 17.2 Å². The molecule has 0 saturated heterocycles. The maximum atomic E-state index is 10.9. The number of amides is 1. The van der Waals surface area contributed by atoms with Crippen LogP contribution in [0.15, 0.2) is 36.4 Å². The Morgan fingerprint density at radius 1 is 1.15 bits per heavy atom. The Balaban J connectivity index is 1.61. The van der Waals surface area contributed by atoms with E-state index in [1.165, 1.54) is 11.1 Å². The maximum Gasteiger partial charge on any atom is 0.409 e. The van der Waals surface area contributed by atoms with Crippen LogP contribution in [0.25, 0.3) is 0 Å². The van der Waals surface area contributed by atoms with Crippen LogP contribution in [0.1, 0.15) is 30.0 Å². The molecule has 0 radical (unpaired) electrons. The van der Waals surface area contributed by atoms with E-state index in [0.29, 0.717) is 5.75 Å². The summed E-state index contributed by atoms with van der Waals surface area (Å²) in [7, 11) is 0. The Kier molecular flexibility index (Phi) is 6.68. The Hall–Kier alpha value is -2.57. The minimum absolute atomic E-state index is 0.438. The fourth-order valence-electron chi connectivity index (χ4n) is 3.13. The summed E-state index contributed by atoms with van der Waals surface area (Å²) in [6.45, 7) is 5.32. The predicted octanol–water partition coefficient (Wildman–Crippen LogP) is 3.55. The lowest BCUT2D eigenvalue weighted by Gasteiger charge is -2.11. The number of carbonyl (C=O) groups is 1. The standard InChI is InChI=1S/C21H26N2O4/c1-2-25-11-3-10-23-14-15-4-8-19-16(12-15)5-6-17-13-18(26-21(22)24)7-9-20(17)27-19/h4,7-9,12-13,23H,2-3,5-6,10-11,14H2,1H3,(H2,22,24). The third kappa shape index (κ3) is 5.45. The summed E-state index contributed by atoms with van der Waals surface area (Å²) in [5.41, 5.74) is 8.50. The zero-order chi connectivity index (χ0) is 19.1. The molecule has 1 aliphatic rings. The number of benzene rings is 2. The summed E-state index contributed by atoms with van der Waals surface area (Å²) >= 11 is 0. The van der Waals surface area contributed by atoms with E-state index in [1.807, 2.05) is 25.1 Å². The summed E-state index contributed by atoms with van der Waals surface area (Å²) in [5.74, 6) is 2.09. The molecule has 0 aromatic heterocycles. The molecule has 27 heavy (non-hydrogen) atoms. The number of carbonyl (C=O) groups excluding carboxylic acids is 1. The molecule has 2 aromatic rings. The third-order valence-electron chi connectivity index (χ3n) is 4.43. The van der Waals surface area contributed by atoms with Gasteiger partial charge in [-0.1, -0.05) is 12.1 Å². The Labute approximate surface area is 159 Å². The number of ether oxygens (including phenoxy) is 3. The normalized spacial score (nSPS) is 12.5. The largest absolute Gasteiger partial charge is 0.457 e. The highest BCUT2D eigenvalue weighted by Crippen LogP contribution is 2.35. The second kappa shape index (κ2) is 9.39. The van der Waals surface area contributed by atoms with E-state index < -0.39 is 6.09 Å². The highest BCUT2D eigenvalue weighted by Gasteiger charge is 2.16. The zero-order valence-corrected chi connectivity index (χ0v) is 15.6. The highest BCUT2D eigenvalue weighted by atomic mass is 16.5. The number of hydrogen-bond acceptors (Lipinski definition) is 5. The minimum atomic E-state index is -0.814. The van der Waals surface area contributed by atoms with Crippen LogP contribution >= 0.6 is 0 Å². The molecule has 6 nitrogen and oxygen atoms in total. The van der Waals surface area contributed by atoms with Crippen LogP contribution in [-0.2, 0) is 24.1 Å². The van der Waals surface area contributed by atoms with E-state index in [4.69, 9.17) is 19.9 Å². The van der Waals surface area contributed by atoms with Gasteiger partial charge in [0.05, 0.1) is 0 Å². The summed E-state index contributed by atoms with van der Waals surface area (Å²) in [6.07, 6.45) is 1.86. The molecule has 1 aliphatic heterocycles. The molecule has 0 saturated carbocycles. The van der Waals surface area contributed by atoms with Gasteiger partial charge in [0.2, 0.25) is 0 Å². The van der Waals surface area contributed by atoms with E-state index >= 15 is 0 Å². The lowest BCUT2D eigenvalue weighted by Crippen LogP contribution is -2.16. The van der Waals surface area contributed by atoms with Gasteiger partial charge in [-0.2, -0.15) is 0 Å². The molecule has 1 heterocycles. The van der Waals surface area contributed by atoms with Gasteiger partial charge in [-0.05, 0) is 73.7 Å². The first kappa shape index (κ1) is 19.2. The Bertz CT molecular complexity index is 792. The molecular weight excluding hydrogens is 344 g/mol. The molecule has 0 fully saturated rings. The fraction of sp³-hybridized carbons (Fsp3) is 0.381. The van der Waals surface area contributed by atoms with Crippen molar-refractivity contribution >= 4 is 6.09 Å². The summed E-state index contributed by atoms with van der Waals surface area (Å²) in [6, 6.07) is 11.6. The van der Waals surface area contributed by atoms with Gasteiger partial charge in [-0.15, -0.1) is 0 Å². The van der Waals surface area contributed by atoms with E-state index in [2.05, 4.69) is 17.4 Å². The quantitative estimate of drug-likeness (QED) is 0.695. The average Bonchev–Trinajstić information content (AvgIpc) is 2.83. The third-order valence-corrected chi connectivity index (χ3v) is 4.43. The summed E-state index contributed by atoms with van der Waals surface area (Å²) < 4.78 is 16.4. The van der Waals surface area contributed by atoms with Gasteiger partial charge in [0, 0.05) is 19.8 Å². The van der Waals surface area contributed by atoms with Crippen LogP contribution in [0.2, 0.25) is 0 Å². The number of primary amides is 1. The minimum Gasteiger partial charge on any atom is -0.457 e. The maximum absolute atomic E-state index is 10.9. The summed E-state index contributed by atoms with van der Waals surface area (Å²) in [4.78, 5) is 10.9. The molecule has 0 spiro atoms. The van der Waals surface area contributed by atoms with Gasteiger partial charge in [-0.3, -0.25) is 0 Å². The first-order chi connectivity index (χ1) is 13.2. The number of aryl methyl sites for hydroxylation is 2. The van der Waals surface area contributed by atoms with Crippen molar-refractivity contribution in [2.45, 2.75) is 32.7 Å². The van der Waals surface area contributed by atoms with Gasteiger partial charge in [-0.25, -0.2) is 4.79 Å². The van der Waals surface area contributed by atoms with E-state index in [9.17, 15) is 4.79 Å². The second-order valence-corrected chi connectivity index (χ2v) is 6.46. The van der Waals surface area contributed by atoms with Crippen molar-refractivity contribution in [1.82, 2.24) is 5.32 Å². The lowest BCUT2D eigenvalue weighted by atomic mass is 10.0. The van der Waals surface area contributed by atoms with Gasteiger partial charge >= 0.3 is 6.09 Å². The van der Waals surface area contributed by atoms with Gasteiger partial charge < -0.3 is 25.3 Å². The van der Waals surface area contributed by atoms with Crippen molar-refractivity contribution in [1.29, 1.82) is 0 Å². The predicted molar refractivity (Wildman–Crippen MR) is 103 cm³/mol. The SMILES string of the molecule is CCOCCCNCc1ccc2c(c1)CCc1cc(OC(N)=O)ccc1O2. The topological polar surface area (TPSA) is 82.8 Å². The highest BCUT2D eigenvalue weighted by molar-refractivity contribution is 5.68. The number of nitrogens with two attached hydrogens (primary N) is 1. The molecule has 2 aromatic carbocycles. The molecule has 1 amide bonds. The fourth-order valence-corrected chi connectivity index (χ4v) is 3.13. The van der Waals surface area contributed by atoms with Crippen molar-refractivity contribution in [3.63, 3.8) is 0 Å². The van der Waals surface area contributed by atoms with Crippen LogP contribution in [0, 0.1) is 0 Å². The van der Waals surface area contributed by atoms with Gasteiger partial charge in [0.1, 0.15) is 17.2 Å². The number of hydrogen-bond donors (Lipinski definition) is 2. The average molecular weight is 370 g/mol. The summed E-state index contributed by atoms with van der Waals surface area (Å²) in [5, 5.41) is 3.44. The van der Waals surface area contributed by atoms with Crippen LogP contribution in [-0.4, -0.2) is 25.9 Å². The Morgan fingerprint density at radius 3 is 2.63 bits per heavy atom. The molecule has 6 heteroatoms. The van der Waals surface area contributed by atoms with E-state index in [0.717, 1.165) is 62.6 Å². The van der Waals surface area contributed by atoms with Gasteiger partial charge in [0.25, 0.3) is 0 Å². The number of fused-ring (bicyclic) bond motifs is 2. The molecule has 0 unspecified atom stereocenters. The zero-order valence-electron chi connectivity index (χ0n) is 15.6. The smallest absolute Gasteiger partial charge is 0.409 e. The van der Waals surface area contributed by atoms with Crippen LogP contribution in [0.3, 0.4) is 0 Å². The van der Waals surface area contributed by atoms with E-state index in [1.54, 1.807) is 6.07 Å². The second-order valence-electron chi connectivity index (χ2n) is 6.46. The van der Waals surface area contributed by atoms with E-state index in [-0.39, 0.29) is 0 Å². The van der Waals surface area contributed by atoms with Crippen molar-refractivity contribution in [2.24, 2.45) is 5.73 Å². The monoisotopic (exact) mass is 370 g/mol. The van der Waals surface area contributed by atoms with Crippen LogP contribution < -0.4 is 20.5 Å². The Morgan fingerprint density at radius 2 is 1.89 bits per heavy atom. The number of rotatable bonds is 8. The van der Waals surface area contributed by atoms with Crippen molar-refractivity contribution in [2.75, 3.05) is 19.8 Å². The molecule has 0 atom stereocenters. The molecule has 144 valence electrons. The van der Waals surface area contributed by atoms with Crippen molar-refractivity contribution < 1.29 is 19.0 Å². The molecular formula is C21H26N2O4. The first-order valence-electron chi connectivity index (χ1n) is 9.34. The van der Waals surface area contributed by atoms with Crippen molar-refractivity contribution in [3.05, 3.63) is 53.1 Å². The van der Waals surface area contributed by atoms with Gasteiger partial charge in [0.15, 0.2) is 0 Å². The van der Waals surface area contributed by atoms with Crippen LogP contribution in [0.4, 0.5) is 4.79 Å². The molecule has 3 rings (SSSR count). The molecule has 3 N–H and O–H groups in total. The first-order valence-corrected chi connectivity index (χ1v) is 9.34. The molecule has 0 bridgehead atoms. The van der Waals surface area contributed by atoms with Crippen molar-refractivity contribution in [3.8, 4) is 17.2 Å². The molecule has 0 aliphatic carbocycles. The number of nitrogens with one attached hydrogen (secondary N) is 1.